The van der Waals surface area contributed by atoms with Crippen LogP contribution in [0, 0.1) is 0 Å². The first kappa shape index (κ1) is 9.87. The van der Waals surface area contributed by atoms with E-state index in [4.69, 9.17) is 17.3 Å². The molecule has 16 heavy (non-hydrogen) atoms. The van der Waals surface area contributed by atoms with Gasteiger partial charge in [0.2, 0.25) is 0 Å². The average Bonchev–Trinajstić information content (AvgIpc) is 2.83. The summed E-state index contributed by atoms with van der Waals surface area (Å²) >= 11 is 5.94. The normalized spacial score (nSPS) is 17.4. The van der Waals surface area contributed by atoms with Gasteiger partial charge in [-0.3, -0.25) is 5.10 Å². The van der Waals surface area contributed by atoms with Gasteiger partial charge in [0, 0.05) is 10.6 Å². The Kier molecular flexibility index (Phi) is 2.06. The summed E-state index contributed by atoms with van der Waals surface area (Å²) in [5.41, 5.74) is 8.86. The quantitative estimate of drug-likeness (QED) is 0.838. The van der Waals surface area contributed by atoms with Crippen molar-refractivity contribution in [3.8, 4) is 11.3 Å². The number of nitrogens with two attached hydrogens (primary N) is 1. The van der Waals surface area contributed by atoms with Crippen molar-refractivity contribution in [2.75, 3.05) is 0 Å². The zero-order valence-corrected chi connectivity index (χ0v) is 9.46. The van der Waals surface area contributed by atoms with Crippen molar-refractivity contribution in [1.29, 1.82) is 0 Å². The Bertz CT molecular complexity index is 529. The van der Waals surface area contributed by atoms with Crippen molar-refractivity contribution >= 4 is 11.6 Å². The van der Waals surface area contributed by atoms with E-state index in [1.807, 2.05) is 30.3 Å². The molecule has 0 aliphatic heterocycles. The predicted molar refractivity (Wildman–Crippen MR) is 64.1 cm³/mol. The minimum Gasteiger partial charge on any atom is -0.320 e. The van der Waals surface area contributed by atoms with E-state index in [0.29, 0.717) is 0 Å². The summed E-state index contributed by atoms with van der Waals surface area (Å²) in [5, 5.41) is 8.00. The zero-order valence-electron chi connectivity index (χ0n) is 8.70. The first-order valence-corrected chi connectivity index (χ1v) is 5.66. The Morgan fingerprint density at radius 2 is 2.12 bits per heavy atom. The molecule has 0 saturated heterocycles. The third kappa shape index (κ3) is 1.62. The molecule has 1 aromatic carbocycles. The highest BCUT2D eigenvalue weighted by Crippen LogP contribution is 2.42. The van der Waals surface area contributed by atoms with Crippen LogP contribution in [0.1, 0.15) is 18.5 Å². The SMILES string of the molecule is NC1(c2cc(-c3cccc(Cl)c3)n[nH]2)CC1. The second-order valence-electron chi connectivity index (χ2n) is 4.33. The van der Waals surface area contributed by atoms with Crippen LogP contribution in [0.5, 0.6) is 0 Å². The number of hydrogen-bond donors (Lipinski definition) is 2. The standard InChI is InChI=1S/C12H12ClN3/c13-9-3-1-2-8(6-9)10-7-11(16-15-10)12(14)4-5-12/h1-3,6-7H,4-5,14H2,(H,15,16). The van der Waals surface area contributed by atoms with Gasteiger partial charge in [0.1, 0.15) is 0 Å². The molecule has 2 aromatic rings. The number of benzene rings is 1. The fourth-order valence-electron chi connectivity index (χ4n) is 1.78. The third-order valence-corrected chi connectivity index (χ3v) is 3.26. The van der Waals surface area contributed by atoms with Gasteiger partial charge in [0.25, 0.3) is 0 Å². The van der Waals surface area contributed by atoms with Crippen LogP contribution in [0.15, 0.2) is 30.3 Å². The van der Waals surface area contributed by atoms with Crippen LogP contribution in [0.25, 0.3) is 11.3 Å². The monoisotopic (exact) mass is 233 g/mol. The van der Waals surface area contributed by atoms with E-state index in [1.54, 1.807) is 0 Å². The van der Waals surface area contributed by atoms with Crippen LogP contribution >= 0.6 is 11.6 Å². The smallest absolute Gasteiger partial charge is 0.0924 e. The minimum atomic E-state index is -0.163. The zero-order chi connectivity index (χ0) is 11.2. The highest BCUT2D eigenvalue weighted by Gasteiger charge is 2.41. The highest BCUT2D eigenvalue weighted by atomic mass is 35.5. The molecule has 3 rings (SSSR count). The molecule has 3 nitrogen and oxygen atoms in total. The minimum absolute atomic E-state index is 0.163. The largest absolute Gasteiger partial charge is 0.320 e. The van der Waals surface area contributed by atoms with Gasteiger partial charge in [-0.1, -0.05) is 23.7 Å². The maximum Gasteiger partial charge on any atom is 0.0924 e. The van der Waals surface area contributed by atoms with Crippen LogP contribution in [-0.2, 0) is 5.54 Å². The Morgan fingerprint density at radius 1 is 1.31 bits per heavy atom. The molecule has 1 heterocycles. The molecule has 1 aliphatic rings. The molecule has 1 aliphatic carbocycles. The van der Waals surface area contributed by atoms with Gasteiger partial charge in [-0.25, -0.2) is 0 Å². The summed E-state index contributed by atoms with van der Waals surface area (Å²) in [5.74, 6) is 0. The van der Waals surface area contributed by atoms with Gasteiger partial charge in [0.05, 0.1) is 16.9 Å². The lowest BCUT2D eigenvalue weighted by atomic mass is 10.1. The van der Waals surface area contributed by atoms with E-state index in [2.05, 4.69) is 10.2 Å². The lowest BCUT2D eigenvalue weighted by Crippen LogP contribution is -2.18. The highest BCUT2D eigenvalue weighted by molar-refractivity contribution is 6.30. The van der Waals surface area contributed by atoms with Crippen LogP contribution in [0.2, 0.25) is 5.02 Å². The Balaban J connectivity index is 1.98. The van der Waals surface area contributed by atoms with Crippen LogP contribution < -0.4 is 5.73 Å². The topological polar surface area (TPSA) is 54.7 Å². The van der Waals surface area contributed by atoms with E-state index < -0.39 is 0 Å². The molecule has 82 valence electrons. The molecule has 3 N–H and O–H groups in total. The molecule has 1 aromatic heterocycles. The van der Waals surface area contributed by atoms with Gasteiger partial charge in [-0.05, 0) is 31.0 Å². The van der Waals surface area contributed by atoms with Crippen LogP contribution in [0.4, 0.5) is 0 Å². The summed E-state index contributed by atoms with van der Waals surface area (Å²) in [4.78, 5) is 0. The van der Waals surface area contributed by atoms with Gasteiger partial charge in [0.15, 0.2) is 0 Å². The number of hydrogen-bond acceptors (Lipinski definition) is 2. The maximum atomic E-state index is 6.09. The molecule has 1 fully saturated rings. The maximum absolute atomic E-state index is 6.09. The molecular weight excluding hydrogens is 222 g/mol. The number of nitrogens with zero attached hydrogens (tertiary/aromatic N) is 1. The summed E-state index contributed by atoms with van der Waals surface area (Å²) in [6.07, 6.45) is 2.06. The Hall–Kier alpha value is -1.32. The molecule has 0 amide bonds. The molecule has 0 bridgehead atoms. The second kappa shape index (κ2) is 3.34. The van der Waals surface area contributed by atoms with Crippen LogP contribution in [-0.4, -0.2) is 10.2 Å². The first-order valence-electron chi connectivity index (χ1n) is 5.28. The summed E-state index contributed by atoms with van der Waals surface area (Å²) in [6, 6.07) is 9.67. The lowest BCUT2D eigenvalue weighted by Gasteiger charge is -2.02. The third-order valence-electron chi connectivity index (χ3n) is 3.02. The number of rotatable bonds is 2. The van der Waals surface area contributed by atoms with E-state index >= 15 is 0 Å². The van der Waals surface area contributed by atoms with Gasteiger partial charge in [-0.2, -0.15) is 5.10 Å². The fraction of sp³-hybridized carbons (Fsp3) is 0.250. The molecule has 0 spiro atoms. The first-order chi connectivity index (χ1) is 7.67. The van der Waals surface area contributed by atoms with Crippen molar-refractivity contribution < 1.29 is 0 Å². The summed E-state index contributed by atoms with van der Waals surface area (Å²) < 4.78 is 0. The van der Waals surface area contributed by atoms with Crippen molar-refractivity contribution in [3.05, 3.63) is 41.0 Å². The van der Waals surface area contributed by atoms with Gasteiger partial charge >= 0.3 is 0 Å². The van der Waals surface area contributed by atoms with Crippen molar-refractivity contribution in [2.24, 2.45) is 5.73 Å². The van der Waals surface area contributed by atoms with Crippen LogP contribution in [0.3, 0.4) is 0 Å². The molecule has 0 radical (unpaired) electrons. The van der Waals surface area contributed by atoms with Crippen molar-refractivity contribution in [2.45, 2.75) is 18.4 Å². The molecule has 1 saturated carbocycles. The predicted octanol–water partition coefficient (Wildman–Crippen LogP) is 2.68. The Labute approximate surface area is 98.6 Å². The second-order valence-corrected chi connectivity index (χ2v) is 4.77. The fourth-order valence-corrected chi connectivity index (χ4v) is 1.97. The number of nitrogens with one attached hydrogen (secondary N) is 1. The van der Waals surface area contributed by atoms with E-state index in [1.165, 1.54) is 0 Å². The summed E-state index contributed by atoms with van der Waals surface area (Å²) in [7, 11) is 0. The lowest BCUT2D eigenvalue weighted by molar-refractivity contribution is 0.702. The number of halogens is 1. The van der Waals surface area contributed by atoms with Gasteiger partial charge in [-0.15, -0.1) is 0 Å². The molecular formula is C12H12ClN3. The van der Waals surface area contributed by atoms with E-state index in [9.17, 15) is 0 Å². The number of aromatic amines is 1. The average molecular weight is 234 g/mol. The van der Waals surface area contributed by atoms with Gasteiger partial charge < -0.3 is 5.73 Å². The number of aromatic nitrogens is 2. The van der Waals surface area contributed by atoms with E-state index in [0.717, 1.165) is 34.8 Å². The Morgan fingerprint density at radius 3 is 2.81 bits per heavy atom. The summed E-state index contributed by atoms with van der Waals surface area (Å²) in [6.45, 7) is 0. The number of H-pyrrole nitrogens is 1. The van der Waals surface area contributed by atoms with Crippen molar-refractivity contribution in [1.82, 2.24) is 10.2 Å². The van der Waals surface area contributed by atoms with E-state index in [-0.39, 0.29) is 5.54 Å². The molecule has 0 atom stereocenters. The van der Waals surface area contributed by atoms with Crippen molar-refractivity contribution in [3.63, 3.8) is 0 Å². The molecule has 0 unspecified atom stereocenters. The molecule has 4 heteroatoms.